The number of rotatable bonds is 9. The first-order valence-corrected chi connectivity index (χ1v) is 12.7. The van der Waals surface area contributed by atoms with Gasteiger partial charge in [0, 0.05) is 24.7 Å². The van der Waals surface area contributed by atoms with E-state index in [0.717, 1.165) is 37.7 Å². The second-order valence-electron chi connectivity index (χ2n) is 10.1. The topological polar surface area (TPSA) is 95.7 Å². The van der Waals surface area contributed by atoms with Crippen LogP contribution in [0.25, 0.3) is 5.65 Å². The van der Waals surface area contributed by atoms with E-state index in [1.165, 1.54) is 6.42 Å². The van der Waals surface area contributed by atoms with E-state index in [9.17, 15) is 14.7 Å². The van der Waals surface area contributed by atoms with Gasteiger partial charge in [-0.25, -0.2) is 4.98 Å². The Morgan fingerprint density at radius 2 is 1.83 bits per heavy atom. The van der Waals surface area contributed by atoms with Crippen molar-refractivity contribution in [3.8, 4) is 5.75 Å². The van der Waals surface area contributed by atoms with E-state index in [2.05, 4.69) is 29.5 Å². The fourth-order valence-electron chi connectivity index (χ4n) is 4.95. The average Bonchev–Trinajstić information content (AvgIpc) is 3.25. The molecule has 3 aromatic rings. The number of carbonyl (C=O) groups is 2. The van der Waals surface area contributed by atoms with Crippen LogP contribution in [0, 0.1) is 5.92 Å². The Kier molecular flexibility index (Phi) is 8.06. The van der Waals surface area contributed by atoms with Crippen LogP contribution in [-0.4, -0.2) is 38.9 Å². The summed E-state index contributed by atoms with van der Waals surface area (Å²) >= 11 is 0. The highest BCUT2D eigenvalue weighted by atomic mass is 16.3. The molecule has 1 unspecified atom stereocenters. The first kappa shape index (κ1) is 24.8. The molecular formula is C28H36N4O3. The van der Waals surface area contributed by atoms with Gasteiger partial charge in [0.1, 0.15) is 17.1 Å². The lowest BCUT2D eigenvalue weighted by atomic mass is 9.90. The summed E-state index contributed by atoms with van der Waals surface area (Å²) in [6.07, 6.45) is 8.47. The van der Waals surface area contributed by atoms with Gasteiger partial charge in [0.05, 0.1) is 12.1 Å². The van der Waals surface area contributed by atoms with Crippen LogP contribution in [0.15, 0.2) is 48.7 Å². The summed E-state index contributed by atoms with van der Waals surface area (Å²) in [4.78, 5) is 30.3. The molecule has 3 N–H and O–H groups in total. The molecule has 0 saturated heterocycles. The van der Waals surface area contributed by atoms with Crippen LogP contribution in [-0.2, 0) is 11.2 Å². The number of pyridine rings is 1. The van der Waals surface area contributed by atoms with Crippen LogP contribution < -0.4 is 10.6 Å². The largest absolute Gasteiger partial charge is 0.508 e. The molecule has 2 aromatic heterocycles. The van der Waals surface area contributed by atoms with Crippen LogP contribution in [0.1, 0.15) is 80.0 Å². The van der Waals surface area contributed by atoms with E-state index in [0.29, 0.717) is 29.5 Å². The maximum atomic E-state index is 12.9. The highest BCUT2D eigenvalue weighted by Crippen LogP contribution is 2.25. The molecule has 2 amide bonds. The minimum absolute atomic E-state index is 0.0960. The van der Waals surface area contributed by atoms with Gasteiger partial charge in [-0.3, -0.25) is 14.0 Å². The van der Waals surface area contributed by atoms with Crippen molar-refractivity contribution >= 4 is 17.5 Å². The summed E-state index contributed by atoms with van der Waals surface area (Å²) in [5.41, 5.74) is 2.92. The monoisotopic (exact) mass is 476 g/mol. The van der Waals surface area contributed by atoms with Crippen molar-refractivity contribution < 1.29 is 14.7 Å². The van der Waals surface area contributed by atoms with Gasteiger partial charge in [-0.2, -0.15) is 0 Å². The van der Waals surface area contributed by atoms with Gasteiger partial charge in [0.15, 0.2) is 0 Å². The lowest BCUT2D eigenvalue weighted by Crippen LogP contribution is -2.36. The Hall–Kier alpha value is -3.35. The van der Waals surface area contributed by atoms with Crippen molar-refractivity contribution in [2.45, 2.75) is 70.8 Å². The second-order valence-corrected chi connectivity index (χ2v) is 10.1. The predicted molar refractivity (Wildman–Crippen MR) is 137 cm³/mol. The van der Waals surface area contributed by atoms with E-state index in [1.54, 1.807) is 28.8 Å². The van der Waals surface area contributed by atoms with Crippen molar-refractivity contribution in [2.75, 3.05) is 6.54 Å². The quantitative estimate of drug-likeness (QED) is 0.421. The average molecular weight is 477 g/mol. The summed E-state index contributed by atoms with van der Waals surface area (Å²) in [5, 5.41) is 15.8. The number of aromatic nitrogens is 2. The number of phenols is 1. The van der Waals surface area contributed by atoms with Gasteiger partial charge < -0.3 is 15.7 Å². The molecule has 0 bridgehead atoms. The number of carbonyl (C=O) groups excluding carboxylic acids is 2. The maximum absolute atomic E-state index is 12.9. The lowest BCUT2D eigenvalue weighted by Gasteiger charge is -2.22. The Morgan fingerprint density at radius 3 is 2.54 bits per heavy atom. The van der Waals surface area contributed by atoms with Gasteiger partial charge in [-0.1, -0.05) is 51.3 Å². The highest BCUT2D eigenvalue weighted by Gasteiger charge is 2.20. The predicted octanol–water partition coefficient (Wildman–Crippen LogP) is 4.59. The molecule has 1 aliphatic rings. The van der Waals surface area contributed by atoms with Crippen LogP contribution in [0.5, 0.6) is 5.75 Å². The number of benzene rings is 1. The van der Waals surface area contributed by atoms with Gasteiger partial charge in [0.25, 0.3) is 5.91 Å². The van der Waals surface area contributed by atoms with Crippen molar-refractivity contribution in [3.63, 3.8) is 0 Å². The molecule has 35 heavy (non-hydrogen) atoms. The summed E-state index contributed by atoms with van der Waals surface area (Å²) < 4.78 is 1.78. The fourth-order valence-corrected chi connectivity index (χ4v) is 4.95. The third-order valence-corrected chi connectivity index (χ3v) is 6.72. The normalized spacial score (nSPS) is 15.3. The van der Waals surface area contributed by atoms with Gasteiger partial charge in [-0.15, -0.1) is 0 Å². The molecule has 4 rings (SSSR count). The fraction of sp³-hybridized carbons (Fsp3) is 0.464. The van der Waals surface area contributed by atoms with Crippen molar-refractivity contribution in [2.24, 2.45) is 5.92 Å². The number of amides is 2. The maximum Gasteiger partial charge on any atom is 0.268 e. The first-order valence-electron chi connectivity index (χ1n) is 12.7. The Morgan fingerprint density at radius 1 is 1.09 bits per heavy atom. The summed E-state index contributed by atoms with van der Waals surface area (Å²) in [7, 11) is 0. The zero-order valence-electron chi connectivity index (χ0n) is 20.7. The molecule has 2 heterocycles. The van der Waals surface area contributed by atoms with E-state index >= 15 is 0 Å². The molecule has 1 aromatic carbocycles. The number of nitrogens with zero attached hydrogens (tertiary/aromatic N) is 2. The van der Waals surface area contributed by atoms with Crippen molar-refractivity contribution in [1.82, 2.24) is 20.0 Å². The van der Waals surface area contributed by atoms with Gasteiger partial charge in [0.2, 0.25) is 5.91 Å². The smallest absolute Gasteiger partial charge is 0.268 e. The molecule has 186 valence electrons. The molecule has 1 aliphatic carbocycles. The summed E-state index contributed by atoms with van der Waals surface area (Å²) in [6, 6.07) is 12.9. The van der Waals surface area contributed by atoms with Crippen LogP contribution in [0.4, 0.5) is 0 Å². The van der Waals surface area contributed by atoms with E-state index in [1.807, 2.05) is 24.3 Å². The number of nitrogens with one attached hydrogen (secondary N) is 2. The molecule has 1 saturated carbocycles. The van der Waals surface area contributed by atoms with Crippen LogP contribution in [0.2, 0.25) is 0 Å². The number of fused-ring (bicyclic) bond motifs is 1. The number of hydrogen-bond donors (Lipinski definition) is 3. The van der Waals surface area contributed by atoms with E-state index < -0.39 is 0 Å². The highest BCUT2D eigenvalue weighted by molar-refractivity contribution is 5.93. The number of hydrogen-bond acceptors (Lipinski definition) is 4. The Labute approximate surface area is 207 Å². The minimum Gasteiger partial charge on any atom is -0.508 e. The van der Waals surface area contributed by atoms with E-state index in [4.69, 9.17) is 0 Å². The third kappa shape index (κ3) is 6.62. The number of phenolic OH excluding ortho intramolecular Hbond substituents is 1. The Bertz CT molecular complexity index is 1150. The summed E-state index contributed by atoms with van der Waals surface area (Å²) in [5.74, 6) is 0.674. The van der Waals surface area contributed by atoms with Gasteiger partial charge in [-0.05, 0) is 55.0 Å². The number of imidazole rings is 1. The summed E-state index contributed by atoms with van der Waals surface area (Å²) in [6.45, 7) is 4.84. The molecule has 7 heteroatoms. The minimum atomic E-state index is -0.103. The standard InChI is InChI=1S/C28H36N4O3/c1-19(2)15-21(20-11-13-24(33)14-12-20)17-29-27(34)16-23-18-32-25(9-6-10-26(32)30-23)28(35)31-22-7-4-3-5-8-22/h6,9-14,18-19,21-22,33H,3-5,7-8,15-17H2,1-2H3,(H,29,34)(H,31,35). The van der Waals surface area contributed by atoms with E-state index in [-0.39, 0.29) is 35.9 Å². The molecule has 0 spiro atoms. The van der Waals surface area contributed by atoms with Gasteiger partial charge >= 0.3 is 0 Å². The molecule has 1 fully saturated rings. The molecule has 0 radical (unpaired) electrons. The number of aromatic hydroxyl groups is 1. The first-order chi connectivity index (χ1) is 16.9. The van der Waals surface area contributed by atoms with Crippen LogP contribution in [0.3, 0.4) is 0 Å². The Balaban J connectivity index is 1.40. The zero-order valence-corrected chi connectivity index (χ0v) is 20.7. The zero-order chi connectivity index (χ0) is 24.8. The van der Waals surface area contributed by atoms with Crippen LogP contribution >= 0.6 is 0 Å². The molecule has 1 atom stereocenters. The molecular weight excluding hydrogens is 440 g/mol. The molecule has 0 aliphatic heterocycles. The van der Waals surface area contributed by atoms with Crippen molar-refractivity contribution in [3.05, 3.63) is 65.6 Å². The molecule has 7 nitrogen and oxygen atoms in total. The lowest BCUT2D eigenvalue weighted by molar-refractivity contribution is -0.120. The second kappa shape index (κ2) is 11.4. The third-order valence-electron chi connectivity index (χ3n) is 6.72. The van der Waals surface area contributed by atoms with Crippen molar-refractivity contribution in [1.29, 1.82) is 0 Å². The SMILES string of the molecule is CC(C)CC(CNC(=O)Cc1cn2c(C(=O)NC3CCCCC3)cccc2n1)c1ccc(O)cc1.